The maximum Gasteiger partial charge on any atom is 0.294 e. The van der Waals surface area contributed by atoms with Gasteiger partial charge in [-0.1, -0.05) is 19.1 Å². The third kappa shape index (κ3) is 3.79. The minimum Gasteiger partial charge on any atom is -0.282 e. The van der Waals surface area contributed by atoms with Crippen LogP contribution in [0.2, 0.25) is 0 Å². The van der Waals surface area contributed by atoms with E-state index in [4.69, 9.17) is 4.55 Å². The van der Waals surface area contributed by atoms with Crippen molar-refractivity contribution in [2.45, 2.75) is 18.2 Å². The Morgan fingerprint density at radius 2 is 1.69 bits per heavy atom. The van der Waals surface area contributed by atoms with Crippen LogP contribution < -0.4 is 0 Å². The van der Waals surface area contributed by atoms with Crippen LogP contribution in [0.4, 0.5) is 0 Å². The molecule has 0 amide bonds. The van der Waals surface area contributed by atoms with Crippen molar-refractivity contribution in [3.05, 3.63) is 29.8 Å². The van der Waals surface area contributed by atoms with E-state index in [1.54, 1.807) is 12.1 Å². The zero-order chi connectivity index (χ0) is 9.19. The second-order valence-electron chi connectivity index (χ2n) is 2.47. The Balaban J connectivity index is 0.00000144. The molecule has 0 aliphatic carbocycles. The van der Waals surface area contributed by atoms with Crippen molar-refractivity contribution in [3.63, 3.8) is 0 Å². The maximum absolute atomic E-state index is 10.6. The molecular formula is C8H10NaO3S. The van der Waals surface area contributed by atoms with Crippen LogP contribution in [0.15, 0.2) is 29.2 Å². The summed E-state index contributed by atoms with van der Waals surface area (Å²) in [5.74, 6) is 0. The molecular weight excluding hydrogens is 199 g/mol. The molecule has 0 aromatic heterocycles. The molecule has 0 bridgehead atoms. The first-order valence-corrected chi connectivity index (χ1v) is 5.04. The summed E-state index contributed by atoms with van der Waals surface area (Å²) in [5.41, 5.74) is 1.04. The number of hydrogen-bond donors (Lipinski definition) is 1. The molecule has 1 rings (SSSR count). The number of hydrogen-bond acceptors (Lipinski definition) is 2. The van der Waals surface area contributed by atoms with Crippen LogP contribution in [0, 0.1) is 0 Å². The summed E-state index contributed by atoms with van der Waals surface area (Å²) in [4.78, 5) is -0.0558. The van der Waals surface area contributed by atoms with E-state index >= 15 is 0 Å². The Hall–Kier alpha value is 0.130. The SMILES string of the molecule is CCc1ccc(S(=O)(=O)O)cc1.[Na]. The smallest absolute Gasteiger partial charge is 0.282 e. The summed E-state index contributed by atoms with van der Waals surface area (Å²) in [7, 11) is -4.03. The van der Waals surface area contributed by atoms with E-state index in [9.17, 15) is 8.42 Å². The van der Waals surface area contributed by atoms with Gasteiger partial charge in [0.05, 0.1) is 4.90 Å². The molecule has 0 fully saturated rings. The molecule has 1 aromatic carbocycles. The van der Waals surface area contributed by atoms with Gasteiger partial charge >= 0.3 is 0 Å². The molecule has 67 valence electrons. The van der Waals surface area contributed by atoms with Gasteiger partial charge in [0.1, 0.15) is 0 Å². The van der Waals surface area contributed by atoms with Crippen LogP contribution in [-0.2, 0) is 16.5 Å². The Bertz CT molecular complexity index is 355. The fraction of sp³-hybridized carbons (Fsp3) is 0.250. The Morgan fingerprint density at radius 1 is 1.23 bits per heavy atom. The van der Waals surface area contributed by atoms with Gasteiger partial charge in [-0.2, -0.15) is 8.42 Å². The fourth-order valence-electron chi connectivity index (χ4n) is 0.897. The maximum atomic E-state index is 10.6. The number of aryl methyl sites for hydroxylation is 1. The third-order valence-electron chi connectivity index (χ3n) is 1.63. The number of benzene rings is 1. The molecule has 0 saturated heterocycles. The zero-order valence-electron chi connectivity index (χ0n) is 7.69. The van der Waals surface area contributed by atoms with Gasteiger partial charge in [0.2, 0.25) is 0 Å². The van der Waals surface area contributed by atoms with Crippen LogP contribution in [-0.4, -0.2) is 42.5 Å². The fourth-order valence-corrected chi connectivity index (χ4v) is 1.38. The van der Waals surface area contributed by atoms with E-state index in [2.05, 4.69) is 0 Å². The molecule has 5 heteroatoms. The van der Waals surface area contributed by atoms with E-state index in [-0.39, 0.29) is 34.5 Å². The van der Waals surface area contributed by atoms with Gasteiger partial charge in [0.25, 0.3) is 10.1 Å². The quantitative estimate of drug-likeness (QED) is 0.586. The molecule has 0 aliphatic heterocycles. The molecule has 0 saturated carbocycles. The minimum absolute atomic E-state index is 0. The molecule has 0 aliphatic rings. The van der Waals surface area contributed by atoms with Crippen molar-refractivity contribution in [2.75, 3.05) is 0 Å². The van der Waals surface area contributed by atoms with Crippen LogP contribution in [0.3, 0.4) is 0 Å². The first kappa shape index (κ1) is 13.1. The molecule has 0 spiro atoms. The van der Waals surface area contributed by atoms with Gasteiger partial charge in [-0.3, -0.25) is 4.55 Å². The number of rotatable bonds is 2. The second-order valence-corrected chi connectivity index (χ2v) is 3.89. The van der Waals surface area contributed by atoms with Crippen LogP contribution in [0.25, 0.3) is 0 Å². The van der Waals surface area contributed by atoms with Crippen molar-refractivity contribution in [1.29, 1.82) is 0 Å². The Morgan fingerprint density at radius 3 is 2.00 bits per heavy atom. The van der Waals surface area contributed by atoms with Crippen molar-refractivity contribution in [2.24, 2.45) is 0 Å². The average Bonchev–Trinajstić information content (AvgIpc) is 2.03. The van der Waals surface area contributed by atoms with Crippen molar-refractivity contribution < 1.29 is 13.0 Å². The summed E-state index contributed by atoms with van der Waals surface area (Å²) in [6.45, 7) is 1.97. The summed E-state index contributed by atoms with van der Waals surface area (Å²) in [5, 5.41) is 0. The third-order valence-corrected chi connectivity index (χ3v) is 2.50. The topological polar surface area (TPSA) is 54.4 Å². The van der Waals surface area contributed by atoms with Crippen LogP contribution >= 0.6 is 0 Å². The predicted molar refractivity (Wildman–Crippen MR) is 51.4 cm³/mol. The van der Waals surface area contributed by atoms with Gasteiger partial charge in [-0.15, -0.1) is 0 Å². The van der Waals surface area contributed by atoms with Gasteiger partial charge in [-0.05, 0) is 24.1 Å². The molecule has 1 aromatic rings. The molecule has 1 N–H and O–H groups in total. The summed E-state index contributed by atoms with van der Waals surface area (Å²) < 4.78 is 29.8. The molecule has 0 unspecified atom stereocenters. The van der Waals surface area contributed by atoms with Gasteiger partial charge < -0.3 is 0 Å². The normalized spacial score (nSPS) is 10.6. The monoisotopic (exact) mass is 209 g/mol. The Kier molecular flexibility index (Phi) is 5.17. The Labute approximate surface area is 100 Å². The van der Waals surface area contributed by atoms with Gasteiger partial charge in [-0.25, -0.2) is 0 Å². The summed E-state index contributed by atoms with van der Waals surface area (Å²) >= 11 is 0. The van der Waals surface area contributed by atoms with Crippen LogP contribution in [0.1, 0.15) is 12.5 Å². The standard InChI is InChI=1S/C8H10O3S.Na/c1-2-7-3-5-8(6-4-7)12(9,10)11;/h3-6H,2H2,1H3,(H,9,10,11);. The van der Waals surface area contributed by atoms with E-state index < -0.39 is 10.1 Å². The summed E-state index contributed by atoms with van der Waals surface area (Å²) in [6, 6.07) is 6.16. The minimum atomic E-state index is -4.03. The zero-order valence-corrected chi connectivity index (χ0v) is 10.5. The largest absolute Gasteiger partial charge is 0.294 e. The first-order chi connectivity index (χ1) is 5.54. The van der Waals surface area contributed by atoms with E-state index in [0.717, 1.165) is 12.0 Å². The summed E-state index contributed by atoms with van der Waals surface area (Å²) in [6.07, 6.45) is 0.853. The van der Waals surface area contributed by atoms with Crippen molar-refractivity contribution >= 4 is 39.7 Å². The molecule has 0 atom stereocenters. The molecule has 13 heavy (non-hydrogen) atoms. The van der Waals surface area contributed by atoms with Crippen molar-refractivity contribution in [3.8, 4) is 0 Å². The molecule has 1 radical (unpaired) electrons. The average molecular weight is 209 g/mol. The van der Waals surface area contributed by atoms with E-state index in [1.807, 2.05) is 6.92 Å². The molecule has 0 heterocycles. The van der Waals surface area contributed by atoms with Gasteiger partial charge in [0, 0.05) is 29.6 Å². The molecule has 3 nitrogen and oxygen atoms in total. The first-order valence-electron chi connectivity index (χ1n) is 3.60. The van der Waals surface area contributed by atoms with Gasteiger partial charge in [0.15, 0.2) is 0 Å². The van der Waals surface area contributed by atoms with E-state index in [1.165, 1.54) is 12.1 Å². The van der Waals surface area contributed by atoms with Crippen molar-refractivity contribution in [1.82, 2.24) is 0 Å². The van der Waals surface area contributed by atoms with Crippen LogP contribution in [0.5, 0.6) is 0 Å². The second kappa shape index (κ2) is 5.12. The predicted octanol–water partition coefficient (Wildman–Crippen LogP) is 1.11. The van der Waals surface area contributed by atoms with E-state index in [0.29, 0.717) is 0 Å².